The summed E-state index contributed by atoms with van der Waals surface area (Å²) >= 11 is 0.490. The Hall–Kier alpha value is -1.70. The third-order valence-electron chi connectivity index (χ3n) is 2.43. The van der Waals surface area contributed by atoms with Crippen molar-refractivity contribution in [2.24, 2.45) is 0 Å². The van der Waals surface area contributed by atoms with E-state index in [0.29, 0.717) is 29.7 Å². The third-order valence-corrected chi connectivity index (χ3v) is 3.48. The first-order valence-corrected chi connectivity index (χ1v) is 6.35. The zero-order valence-electron chi connectivity index (χ0n) is 9.91. The fraction of sp³-hybridized carbons (Fsp3) is 0.364. The van der Waals surface area contributed by atoms with Gasteiger partial charge < -0.3 is 4.98 Å². The van der Waals surface area contributed by atoms with E-state index in [-0.39, 0.29) is 16.1 Å². The lowest BCUT2D eigenvalue weighted by Crippen LogP contribution is -2.14. The van der Waals surface area contributed by atoms with E-state index in [4.69, 9.17) is 0 Å². The highest BCUT2D eigenvalue weighted by molar-refractivity contribution is 7.15. The predicted molar refractivity (Wildman–Crippen MR) is 65.0 cm³/mol. The minimum absolute atomic E-state index is 0.252. The molecule has 2 heterocycles. The molecule has 8 heteroatoms. The summed E-state index contributed by atoms with van der Waals surface area (Å²) in [5.74, 6) is 0. The number of hydrogen-bond donors (Lipinski definition) is 1. The van der Waals surface area contributed by atoms with Crippen molar-refractivity contribution in [2.75, 3.05) is 0 Å². The summed E-state index contributed by atoms with van der Waals surface area (Å²) in [6, 6.07) is 0. The Morgan fingerprint density at radius 3 is 2.68 bits per heavy atom. The summed E-state index contributed by atoms with van der Waals surface area (Å²) in [6.45, 7) is 1.88. The predicted octanol–water partition coefficient (Wildman–Crippen LogP) is 2.86. The summed E-state index contributed by atoms with van der Waals surface area (Å²) < 4.78 is 37.5. The van der Waals surface area contributed by atoms with Gasteiger partial charge in [-0.3, -0.25) is 4.79 Å². The molecule has 0 amide bonds. The van der Waals surface area contributed by atoms with Crippen LogP contribution in [0.3, 0.4) is 0 Å². The van der Waals surface area contributed by atoms with E-state index in [1.54, 1.807) is 0 Å². The molecular formula is C11H10F3N3OS. The van der Waals surface area contributed by atoms with Gasteiger partial charge >= 0.3 is 6.18 Å². The first kappa shape index (κ1) is 13.7. The van der Waals surface area contributed by atoms with Crippen LogP contribution < -0.4 is 5.56 Å². The summed E-state index contributed by atoms with van der Waals surface area (Å²) in [6.07, 6.45) is -1.03. The van der Waals surface area contributed by atoms with Crippen molar-refractivity contribution in [3.63, 3.8) is 0 Å². The van der Waals surface area contributed by atoms with Crippen molar-refractivity contribution in [3.05, 3.63) is 33.4 Å². The quantitative estimate of drug-likeness (QED) is 0.945. The number of nitrogens with one attached hydrogen (secondary N) is 1. The highest BCUT2D eigenvalue weighted by Crippen LogP contribution is 2.36. The highest BCUT2D eigenvalue weighted by Gasteiger charge is 2.35. The van der Waals surface area contributed by atoms with Crippen LogP contribution in [-0.4, -0.2) is 15.0 Å². The Labute approximate surface area is 110 Å². The Kier molecular flexibility index (Phi) is 3.70. The minimum atomic E-state index is -4.48. The lowest BCUT2D eigenvalue weighted by atomic mass is 10.1. The molecule has 2 rings (SSSR count). The number of aromatic nitrogens is 3. The van der Waals surface area contributed by atoms with E-state index in [9.17, 15) is 18.0 Å². The zero-order chi connectivity index (χ0) is 14.0. The Balaban J connectivity index is 2.50. The van der Waals surface area contributed by atoms with Gasteiger partial charge in [-0.2, -0.15) is 13.2 Å². The molecule has 0 aliphatic rings. The third kappa shape index (κ3) is 2.83. The maximum Gasteiger partial charge on any atom is 0.443 e. The monoisotopic (exact) mass is 289 g/mol. The molecule has 0 aliphatic heterocycles. The number of rotatable bonds is 3. The van der Waals surface area contributed by atoms with Gasteiger partial charge in [0.05, 0.1) is 16.9 Å². The highest BCUT2D eigenvalue weighted by atomic mass is 32.1. The number of thiazole rings is 1. The topological polar surface area (TPSA) is 58.6 Å². The van der Waals surface area contributed by atoms with Crippen LogP contribution in [-0.2, 0) is 12.6 Å². The second-order valence-corrected chi connectivity index (χ2v) is 4.87. The fourth-order valence-electron chi connectivity index (χ4n) is 1.64. The second kappa shape index (κ2) is 5.12. The molecule has 0 aromatic carbocycles. The molecule has 19 heavy (non-hydrogen) atoms. The average Bonchev–Trinajstić information content (AvgIpc) is 2.81. The van der Waals surface area contributed by atoms with E-state index in [0.717, 1.165) is 6.20 Å². The first-order chi connectivity index (χ1) is 8.93. The van der Waals surface area contributed by atoms with Gasteiger partial charge in [0, 0.05) is 11.8 Å². The second-order valence-electron chi connectivity index (χ2n) is 3.84. The van der Waals surface area contributed by atoms with Crippen molar-refractivity contribution in [3.8, 4) is 10.6 Å². The smallest absolute Gasteiger partial charge is 0.313 e. The van der Waals surface area contributed by atoms with Crippen LogP contribution >= 0.6 is 11.3 Å². The molecule has 0 saturated heterocycles. The number of alkyl halides is 3. The van der Waals surface area contributed by atoms with E-state index >= 15 is 0 Å². The molecule has 2 aromatic rings. The van der Waals surface area contributed by atoms with Crippen LogP contribution in [0, 0.1) is 0 Å². The molecule has 0 fully saturated rings. The minimum Gasteiger partial charge on any atom is -0.313 e. The Morgan fingerprint density at radius 1 is 1.37 bits per heavy atom. The number of hydrogen-bond acceptors (Lipinski definition) is 4. The maximum atomic E-state index is 12.5. The zero-order valence-corrected chi connectivity index (χ0v) is 10.7. The van der Waals surface area contributed by atoms with Crippen LogP contribution in [0.4, 0.5) is 13.2 Å². The standard InChI is InChI=1S/C11H10F3N3OS/c1-2-3-6-8(16-5-17-9(6)18)7-4-15-10(19-7)11(12,13)14/h4-5H,2-3H2,1H3,(H,16,17,18). The van der Waals surface area contributed by atoms with Crippen molar-refractivity contribution >= 4 is 11.3 Å². The molecule has 0 aliphatic carbocycles. The number of nitrogens with zero attached hydrogens (tertiary/aromatic N) is 2. The van der Waals surface area contributed by atoms with E-state index in [2.05, 4.69) is 15.0 Å². The number of H-pyrrole nitrogens is 1. The molecular weight excluding hydrogens is 279 g/mol. The number of aromatic amines is 1. The molecule has 0 radical (unpaired) electrons. The van der Waals surface area contributed by atoms with Crippen molar-refractivity contribution in [1.29, 1.82) is 0 Å². The van der Waals surface area contributed by atoms with Gasteiger partial charge in [-0.25, -0.2) is 9.97 Å². The first-order valence-electron chi connectivity index (χ1n) is 5.53. The van der Waals surface area contributed by atoms with Gasteiger partial charge in [-0.15, -0.1) is 11.3 Å². The summed E-state index contributed by atoms with van der Waals surface area (Å²) in [7, 11) is 0. The van der Waals surface area contributed by atoms with Gasteiger partial charge in [-0.1, -0.05) is 13.3 Å². The van der Waals surface area contributed by atoms with Gasteiger partial charge in [0.1, 0.15) is 0 Å². The molecule has 0 saturated carbocycles. The van der Waals surface area contributed by atoms with Gasteiger partial charge in [-0.05, 0) is 6.42 Å². The Bertz CT molecular complexity index is 633. The van der Waals surface area contributed by atoms with Crippen LogP contribution in [0.1, 0.15) is 23.9 Å². The van der Waals surface area contributed by atoms with E-state index < -0.39 is 11.2 Å². The average molecular weight is 289 g/mol. The van der Waals surface area contributed by atoms with Gasteiger partial charge in [0.15, 0.2) is 5.01 Å². The van der Waals surface area contributed by atoms with Crippen molar-refractivity contribution in [2.45, 2.75) is 25.9 Å². The largest absolute Gasteiger partial charge is 0.443 e. The lowest BCUT2D eigenvalue weighted by molar-refractivity contribution is -0.137. The summed E-state index contributed by atoms with van der Waals surface area (Å²) in [5, 5.41) is -0.938. The molecule has 0 bridgehead atoms. The lowest BCUT2D eigenvalue weighted by Gasteiger charge is -2.03. The van der Waals surface area contributed by atoms with Crippen molar-refractivity contribution in [1.82, 2.24) is 15.0 Å². The van der Waals surface area contributed by atoms with Crippen LogP contribution in [0.5, 0.6) is 0 Å². The molecule has 0 spiro atoms. The molecule has 0 atom stereocenters. The van der Waals surface area contributed by atoms with Crippen LogP contribution in [0.15, 0.2) is 17.3 Å². The van der Waals surface area contributed by atoms with Crippen LogP contribution in [0.25, 0.3) is 10.6 Å². The van der Waals surface area contributed by atoms with E-state index in [1.807, 2.05) is 6.92 Å². The molecule has 102 valence electrons. The summed E-state index contributed by atoms with van der Waals surface area (Å²) in [5.41, 5.74) is 0.342. The SMILES string of the molecule is CCCc1c(-c2cnc(C(F)(F)F)s2)nc[nH]c1=O. The molecule has 4 nitrogen and oxygen atoms in total. The van der Waals surface area contributed by atoms with Gasteiger partial charge in [0.25, 0.3) is 5.56 Å². The van der Waals surface area contributed by atoms with Crippen LogP contribution in [0.2, 0.25) is 0 Å². The normalized spacial score (nSPS) is 11.8. The maximum absolute atomic E-state index is 12.5. The molecule has 0 unspecified atom stereocenters. The summed E-state index contributed by atoms with van der Waals surface area (Å²) in [4.78, 5) is 21.7. The van der Waals surface area contributed by atoms with Crippen molar-refractivity contribution < 1.29 is 13.2 Å². The number of halogens is 3. The van der Waals surface area contributed by atoms with E-state index in [1.165, 1.54) is 6.33 Å². The fourth-order valence-corrected chi connectivity index (χ4v) is 2.44. The molecule has 2 aromatic heterocycles. The van der Waals surface area contributed by atoms with Gasteiger partial charge in [0.2, 0.25) is 0 Å². The molecule has 1 N–H and O–H groups in total. The Morgan fingerprint density at radius 2 is 2.11 bits per heavy atom.